The topological polar surface area (TPSA) is 82.0 Å². The second-order valence-electron chi connectivity index (χ2n) is 7.98. The highest BCUT2D eigenvalue weighted by Gasteiger charge is 2.34. The quantitative estimate of drug-likeness (QED) is 0.293. The summed E-state index contributed by atoms with van der Waals surface area (Å²) in [5.41, 5.74) is 1.14. The molecule has 0 saturated carbocycles. The van der Waals surface area contributed by atoms with Crippen LogP contribution in [0.3, 0.4) is 0 Å². The summed E-state index contributed by atoms with van der Waals surface area (Å²) in [6.07, 6.45) is 8.86. The largest absolute Gasteiger partial charge is 0.396 e. The Labute approximate surface area is 191 Å². The summed E-state index contributed by atoms with van der Waals surface area (Å²) >= 11 is 0. The molecule has 2 aliphatic rings. The van der Waals surface area contributed by atoms with Crippen molar-refractivity contribution in [2.24, 2.45) is 10.4 Å². The Morgan fingerprint density at radius 3 is 2.62 bits per heavy atom. The van der Waals surface area contributed by atoms with E-state index in [2.05, 4.69) is 37.6 Å². The first-order chi connectivity index (χ1) is 13.7. The molecule has 3 heterocycles. The SMILES string of the molecule is CN=C(NCc1ccc(N2CCCCCC2)nc1)NCC1(CCO)CCOC1.I. The first kappa shape index (κ1) is 24.1. The van der Waals surface area contributed by atoms with Crippen molar-refractivity contribution in [3.05, 3.63) is 23.9 Å². The minimum Gasteiger partial charge on any atom is -0.396 e. The van der Waals surface area contributed by atoms with E-state index in [1.165, 1.54) is 25.7 Å². The Hall–Kier alpha value is -1.13. The number of hydrogen-bond donors (Lipinski definition) is 3. The third-order valence-corrected chi connectivity index (χ3v) is 5.88. The lowest BCUT2D eigenvalue weighted by atomic mass is 9.84. The lowest BCUT2D eigenvalue weighted by Gasteiger charge is -2.27. The summed E-state index contributed by atoms with van der Waals surface area (Å²) < 4.78 is 5.55. The van der Waals surface area contributed by atoms with E-state index in [1.54, 1.807) is 7.05 Å². The van der Waals surface area contributed by atoms with Crippen LogP contribution in [0.15, 0.2) is 23.3 Å². The van der Waals surface area contributed by atoms with E-state index in [0.29, 0.717) is 13.2 Å². The summed E-state index contributed by atoms with van der Waals surface area (Å²) in [6, 6.07) is 4.27. The van der Waals surface area contributed by atoms with E-state index in [4.69, 9.17) is 4.74 Å². The lowest BCUT2D eigenvalue weighted by molar-refractivity contribution is 0.127. The number of hydrogen-bond acceptors (Lipinski definition) is 5. The molecule has 8 heteroatoms. The number of guanidine groups is 1. The van der Waals surface area contributed by atoms with Crippen LogP contribution in [-0.4, -0.2) is 62.6 Å². The number of aliphatic hydroxyl groups excluding tert-OH is 1. The monoisotopic (exact) mass is 517 g/mol. The molecule has 0 amide bonds. The van der Waals surface area contributed by atoms with Gasteiger partial charge >= 0.3 is 0 Å². The van der Waals surface area contributed by atoms with Gasteiger partial charge in [0.15, 0.2) is 5.96 Å². The van der Waals surface area contributed by atoms with Crippen LogP contribution >= 0.6 is 24.0 Å². The first-order valence-electron chi connectivity index (χ1n) is 10.6. The van der Waals surface area contributed by atoms with Gasteiger partial charge in [0, 0.05) is 58.1 Å². The predicted octanol–water partition coefficient (Wildman–Crippen LogP) is 2.53. The van der Waals surface area contributed by atoms with E-state index < -0.39 is 0 Å². The van der Waals surface area contributed by atoms with Gasteiger partial charge in [-0.3, -0.25) is 4.99 Å². The maximum Gasteiger partial charge on any atom is 0.191 e. The van der Waals surface area contributed by atoms with Gasteiger partial charge in [-0.15, -0.1) is 24.0 Å². The van der Waals surface area contributed by atoms with Gasteiger partial charge in [0.1, 0.15) is 5.82 Å². The number of ether oxygens (including phenoxy) is 1. The number of pyridine rings is 1. The summed E-state index contributed by atoms with van der Waals surface area (Å²) in [5, 5.41) is 16.1. The van der Waals surface area contributed by atoms with Crippen molar-refractivity contribution in [2.75, 3.05) is 51.4 Å². The van der Waals surface area contributed by atoms with Crippen LogP contribution in [0, 0.1) is 5.41 Å². The molecule has 2 aliphatic heterocycles. The third-order valence-electron chi connectivity index (χ3n) is 5.88. The smallest absolute Gasteiger partial charge is 0.191 e. The highest BCUT2D eigenvalue weighted by molar-refractivity contribution is 14.0. The van der Waals surface area contributed by atoms with E-state index in [9.17, 15) is 5.11 Å². The Morgan fingerprint density at radius 1 is 1.24 bits per heavy atom. The average Bonchev–Trinajstić information content (AvgIpc) is 3.01. The zero-order valence-corrected chi connectivity index (χ0v) is 19.9. The number of nitrogens with zero attached hydrogens (tertiary/aromatic N) is 3. The van der Waals surface area contributed by atoms with Gasteiger partial charge < -0.3 is 25.4 Å². The summed E-state index contributed by atoms with van der Waals surface area (Å²) in [5.74, 6) is 1.85. The maximum atomic E-state index is 9.36. The molecule has 3 rings (SSSR count). The number of rotatable bonds is 7. The highest BCUT2D eigenvalue weighted by atomic mass is 127. The van der Waals surface area contributed by atoms with Gasteiger partial charge in [0.25, 0.3) is 0 Å². The summed E-state index contributed by atoms with van der Waals surface area (Å²) in [6.45, 7) is 5.30. The molecule has 2 saturated heterocycles. The van der Waals surface area contributed by atoms with E-state index in [0.717, 1.165) is 56.4 Å². The van der Waals surface area contributed by atoms with Crippen LogP contribution in [0.2, 0.25) is 0 Å². The molecule has 0 spiro atoms. The van der Waals surface area contributed by atoms with Gasteiger partial charge in [-0.2, -0.15) is 0 Å². The molecule has 29 heavy (non-hydrogen) atoms. The number of nitrogens with one attached hydrogen (secondary N) is 2. The van der Waals surface area contributed by atoms with Crippen LogP contribution < -0.4 is 15.5 Å². The molecule has 0 aromatic carbocycles. The molecule has 1 unspecified atom stereocenters. The van der Waals surface area contributed by atoms with Crippen molar-refractivity contribution in [1.29, 1.82) is 0 Å². The third kappa shape index (κ3) is 7.25. The van der Waals surface area contributed by atoms with Crippen LogP contribution in [-0.2, 0) is 11.3 Å². The number of halogens is 1. The molecule has 2 fully saturated rings. The fourth-order valence-electron chi connectivity index (χ4n) is 4.00. The summed E-state index contributed by atoms with van der Waals surface area (Å²) in [4.78, 5) is 11.4. The number of aromatic nitrogens is 1. The van der Waals surface area contributed by atoms with Crippen molar-refractivity contribution >= 4 is 35.8 Å². The van der Waals surface area contributed by atoms with Crippen molar-refractivity contribution in [1.82, 2.24) is 15.6 Å². The molecule has 1 aromatic rings. The molecule has 3 N–H and O–H groups in total. The van der Waals surface area contributed by atoms with Gasteiger partial charge in [-0.05, 0) is 37.3 Å². The fraction of sp³-hybridized carbons (Fsp3) is 0.714. The maximum absolute atomic E-state index is 9.36. The highest BCUT2D eigenvalue weighted by Crippen LogP contribution is 2.31. The van der Waals surface area contributed by atoms with Crippen LogP contribution in [0.1, 0.15) is 44.1 Å². The zero-order chi connectivity index (χ0) is 19.7. The molecule has 0 radical (unpaired) electrons. The van der Waals surface area contributed by atoms with E-state index >= 15 is 0 Å². The molecular formula is C21H36IN5O2. The van der Waals surface area contributed by atoms with Gasteiger partial charge in [-0.25, -0.2) is 4.98 Å². The standard InChI is InChI=1S/C21H35N5O2.HI/c1-22-20(25-16-21(8-12-27)9-13-28-17-21)24-15-18-6-7-19(23-14-18)26-10-4-2-3-5-11-26;/h6-7,14,27H,2-5,8-13,15-17H2,1H3,(H2,22,24,25);1H. The second kappa shape index (κ2) is 12.5. The van der Waals surface area contributed by atoms with Crippen molar-refractivity contribution < 1.29 is 9.84 Å². The first-order valence-corrected chi connectivity index (χ1v) is 10.6. The van der Waals surface area contributed by atoms with Crippen molar-refractivity contribution in [2.45, 2.75) is 45.1 Å². The average molecular weight is 517 g/mol. The molecule has 7 nitrogen and oxygen atoms in total. The number of anilines is 1. The lowest BCUT2D eigenvalue weighted by Crippen LogP contribution is -2.44. The van der Waals surface area contributed by atoms with E-state index in [-0.39, 0.29) is 36.0 Å². The normalized spacial score (nSPS) is 22.7. The molecule has 1 atom stereocenters. The van der Waals surface area contributed by atoms with Gasteiger partial charge in [-0.1, -0.05) is 18.9 Å². The van der Waals surface area contributed by atoms with Crippen LogP contribution in [0.4, 0.5) is 5.82 Å². The molecular weight excluding hydrogens is 481 g/mol. The minimum atomic E-state index is 0. The number of aliphatic hydroxyl groups is 1. The summed E-state index contributed by atoms with van der Waals surface area (Å²) in [7, 11) is 1.78. The van der Waals surface area contributed by atoms with Gasteiger partial charge in [0.2, 0.25) is 0 Å². The van der Waals surface area contributed by atoms with Crippen molar-refractivity contribution in [3.63, 3.8) is 0 Å². The Kier molecular flexibility index (Phi) is 10.4. The molecule has 164 valence electrons. The molecule has 0 aliphatic carbocycles. The zero-order valence-electron chi connectivity index (χ0n) is 17.5. The van der Waals surface area contributed by atoms with E-state index in [1.807, 2.05) is 6.20 Å². The van der Waals surface area contributed by atoms with Crippen molar-refractivity contribution in [3.8, 4) is 0 Å². The molecule has 1 aromatic heterocycles. The Bertz CT molecular complexity index is 612. The minimum absolute atomic E-state index is 0. The number of aliphatic imine (C=N–C) groups is 1. The van der Waals surface area contributed by atoms with Crippen LogP contribution in [0.5, 0.6) is 0 Å². The van der Waals surface area contributed by atoms with Crippen LogP contribution in [0.25, 0.3) is 0 Å². The fourth-order valence-corrected chi connectivity index (χ4v) is 4.00. The Balaban J connectivity index is 0.00000300. The molecule has 0 bridgehead atoms. The second-order valence-corrected chi connectivity index (χ2v) is 7.98. The predicted molar refractivity (Wildman–Crippen MR) is 128 cm³/mol. The van der Waals surface area contributed by atoms with Gasteiger partial charge in [0.05, 0.1) is 6.61 Å². The Morgan fingerprint density at radius 2 is 2.03 bits per heavy atom.